The number of hydrogen-bond donors (Lipinski definition) is 1. The number of halogens is 4. The van der Waals surface area contributed by atoms with Crippen molar-refractivity contribution in [2.75, 3.05) is 0 Å². The first kappa shape index (κ1) is 22.0. The van der Waals surface area contributed by atoms with Crippen LogP contribution in [-0.4, -0.2) is 21.8 Å². The Kier molecular flexibility index (Phi) is 6.27. The van der Waals surface area contributed by atoms with E-state index in [-0.39, 0.29) is 18.1 Å². The summed E-state index contributed by atoms with van der Waals surface area (Å²) in [5.41, 5.74) is 0.962. The van der Waals surface area contributed by atoms with Crippen LogP contribution in [0.25, 0.3) is 0 Å². The minimum absolute atomic E-state index is 0.132. The molecule has 1 saturated carbocycles. The summed E-state index contributed by atoms with van der Waals surface area (Å²) in [4.78, 5) is 18.6. The number of nitrogens with zero attached hydrogens (tertiary/aromatic N) is 2. The molecule has 4 rings (SSSR count). The fourth-order valence-corrected chi connectivity index (χ4v) is 3.32. The Morgan fingerprint density at radius 2 is 1.69 bits per heavy atom. The molecule has 0 atom stereocenters. The van der Waals surface area contributed by atoms with Crippen LogP contribution in [0.2, 0.25) is 0 Å². The first-order chi connectivity index (χ1) is 15.3. The predicted molar refractivity (Wildman–Crippen MR) is 108 cm³/mol. The van der Waals surface area contributed by atoms with Crippen molar-refractivity contribution in [1.29, 1.82) is 0 Å². The molecule has 0 bridgehead atoms. The summed E-state index contributed by atoms with van der Waals surface area (Å²) in [5.74, 6) is -0.404. The predicted octanol–water partition coefficient (Wildman–Crippen LogP) is 4.93. The molecular formula is C23H21F4N3O2. The average Bonchev–Trinajstić information content (AvgIpc) is 3.51. The van der Waals surface area contributed by atoms with Crippen LogP contribution >= 0.6 is 0 Å². The zero-order valence-electron chi connectivity index (χ0n) is 17.0. The second-order valence-electron chi connectivity index (χ2n) is 7.77. The van der Waals surface area contributed by atoms with Gasteiger partial charge in [0.1, 0.15) is 12.1 Å². The van der Waals surface area contributed by atoms with Gasteiger partial charge in [0, 0.05) is 19.1 Å². The molecule has 1 heterocycles. The molecule has 1 amide bonds. The highest BCUT2D eigenvalue weighted by molar-refractivity contribution is 5.91. The van der Waals surface area contributed by atoms with Gasteiger partial charge in [0.2, 0.25) is 5.89 Å². The van der Waals surface area contributed by atoms with E-state index < -0.39 is 17.6 Å². The molecule has 1 aromatic heterocycles. The molecule has 32 heavy (non-hydrogen) atoms. The smallest absolute Gasteiger partial charge is 0.416 e. The first-order valence-corrected chi connectivity index (χ1v) is 10.1. The number of carbonyl (C=O) groups excluding carboxylic acids is 1. The van der Waals surface area contributed by atoms with E-state index in [0.717, 1.165) is 36.1 Å². The molecule has 1 fully saturated rings. The third kappa shape index (κ3) is 5.73. The molecule has 0 aliphatic heterocycles. The number of nitrogens with one attached hydrogen (secondary N) is 1. The van der Waals surface area contributed by atoms with E-state index >= 15 is 0 Å². The van der Waals surface area contributed by atoms with Crippen LogP contribution in [0.15, 0.2) is 59.2 Å². The highest BCUT2D eigenvalue weighted by Gasteiger charge is 2.32. The van der Waals surface area contributed by atoms with Gasteiger partial charge in [0.15, 0.2) is 5.69 Å². The van der Waals surface area contributed by atoms with Crippen molar-refractivity contribution in [3.05, 3.63) is 88.9 Å². The van der Waals surface area contributed by atoms with E-state index in [4.69, 9.17) is 4.42 Å². The lowest BCUT2D eigenvalue weighted by Crippen LogP contribution is -2.26. The molecule has 3 aromatic rings. The van der Waals surface area contributed by atoms with Crippen molar-refractivity contribution < 1.29 is 26.8 Å². The van der Waals surface area contributed by atoms with E-state index in [1.54, 1.807) is 12.1 Å². The third-order valence-electron chi connectivity index (χ3n) is 5.22. The van der Waals surface area contributed by atoms with Gasteiger partial charge >= 0.3 is 6.18 Å². The van der Waals surface area contributed by atoms with E-state index in [2.05, 4.69) is 15.2 Å². The van der Waals surface area contributed by atoms with Crippen LogP contribution in [0, 0.1) is 5.82 Å². The lowest BCUT2D eigenvalue weighted by atomic mass is 10.1. The minimum Gasteiger partial charge on any atom is -0.447 e. The summed E-state index contributed by atoms with van der Waals surface area (Å²) in [5, 5.41) is 2.70. The number of amides is 1. The molecule has 1 N–H and O–H groups in total. The SMILES string of the molecule is O=C(NCc1ccc(F)cc1)c1coc(CN(Cc2ccc(C(F)(F)F)cc2)C2CC2)n1. The quantitative estimate of drug-likeness (QED) is 0.498. The second kappa shape index (κ2) is 9.12. The number of oxazole rings is 1. The number of aromatic nitrogens is 1. The Labute approximate surface area is 182 Å². The van der Waals surface area contributed by atoms with Gasteiger partial charge in [-0.05, 0) is 48.2 Å². The van der Waals surface area contributed by atoms with E-state index in [1.807, 2.05) is 0 Å². The number of alkyl halides is 3. The normalized spacial score (nSPS) is 14.0. The fraction of sp³-hybridized carbons (Fsp3) is 0.304. The standard InChI is InChI=1S/C23H21F4N3O2/c24-18-7-3-15(4-8-18)11-28-22(31)20-14-32-21(29-20)13-30(19-9-10-19)12-16-1-5-17(6-2-16)23(25,26)27/h1-8,14,19H,9-13H2,(H,28,31). The largest absolute Gasteiger partial charge is 0.447 e. The summed E-state index contributed by atoms with van der Waals surface area (Å²) in [7, 11) is 0. The van der Waals surface area contributed by atoms with Gasteiger partial charge in [-0.3, -0.25) is 9.69 Å². The molecular weight excluding hydrogens is 426 g/mol. The Bertz CT molecular complexity index is 1060. The fourth-order valence-electron chi connectivity index (χ4n) is 3.32. The van der Waals surface area contributed by atoms with E-state index in [1.165, 1.54) is 30.5 Å². The minimum atomic E-state index is -4.36. The van der Waals surface area contributed by atoms with Crippen molar-refractivity contribution in [2.24, 2.45) is 0 Å². The summed E-state index contributed by atoms with van der Waals surface area (Å²) in [6, 6.07) is 11.2. The number of rotatable bonds is 8. The van der Waals surface area contributed by atoms with Gasteiger partial charge in [-0.1, -0.05) is 24.3 Å². The molecule has 0 saturated heterocycles. The zero-order chi connectivity index (χ0) is 22.7. The molecule has 1 aliphatic rings. The molecule has 1 aliphatic carbocycles. The van der Waals surface area contributed by atoms with Crippen LogP contribution in [0.5, 0.6) is 0 Å². The van der Waals surface area contributed by atoms with Gasteiger partial charge < -0.3 is 9.73 Å². The van der Waals surface area contributed by atoms with Crippen molar-refractivity contribution in [2.45, 2.75) is 44.7 Å². The molecule has 9 heteroatoms. The van der Waals surface area contributed by atoms with Crippen molar-refractivity contribution in [3.63, 3.8) is 0 Å². The second-order valence-corrected chi connectivity index (χ2v) is 7.77. The van der Waals surface area contributed by atoms with Crippen molar-refractivity contribution in [1.82, 2.24) is 15.2 Å². The maximum atomic E-state index is 13.0. The number of benzene rings is 2. The number of hydrogen-bond acceptors (Lipinski definition) is 4. The lowest BCUT2D eigenvalue weighted by molar-refractivity contribution is -0.137. The third-order valence-corrected chi connectivity index (χ3v) is 5.22. The Hall–Kier alpha value is -3.20. The van der Waals surface area contributed by atoms with Crippen molar-refractivity contribution >= 4 is 5.91 Å². The average molecular weight is 447 g/mol. The van der Waals surface area contributed by atoms with Crippen LogP contribution < -0.4 is 5.32 Å². The molecule has 5 nitrogen and oxygen atoms in total. The maximum absolute atomic E-state index is 13.0. The van der Waals surface area contributed by atoms with Gasteiger partial charge in [-0.2, -0.15) is 13.2 Å². The topological polar surface area (TPSA) is 58.4 Å². The summed E-state index contributed by atoms with van der Waals surface area (Å²) < 4.78 is 56.7. The Balaban J connectivity index is 1.35. The summed E-state index contributed by atoms with van der Waals surface area (Å²) in [6.45, 7) is 1.03. The van der Waals surface area contributed by atoms with Gasteiger partial charge in [0.05, 0.1) is 12.1 Å². The monoisotopic (exact) mass is 447 g/mol. The van der Waals surface area contributed by atoms with Crippen LogP contribution in [0.3, 0.4) is 0 Å². The summed E-state index contributed by atoms with van der Waals surface area (Å²) >= 11 is 0. The molecule has 2 aromatic carbocycles. The van der Waals surface area contributed by atoms with Crippen molar-refractivity contribution in [3.8, 4) is 0 Å². The molecule has 0 unspecified atom stereocenters. The highest BCUT2D eigenvalue weighted by atomic mass is 19.4. The molecule has 0 radical (unpaired) electrons. The van der Waals surface area contributed by atoms with Gasteiger partial charge in [0.25, 0.3) is 5.91 Å². The Morgan fingerprint density at radius 1 is 1.03 bits per heavy atom. The van der Waals surface area contributed by atoms with Gasteiger partial charge in [-0.15, -0.1) is 0 Å². The molecule has 0 spiro atoms. The van der Waals surface area contributed by atoms with Crippen LogP contribution in [0.4, 0.5) is 17.6 Å². The van der Waals surface area contributed by atoms with Crippen LogP contribution in [0.1, 0.15) is 45.9 Å². The molecule has 168 valence electrons. The van der Waals surface area contributed by atoms with E-state index in [9.17, 15) is 22.4 Å². The van der Waals surface area contributed by atoms with Gasteiger partial charge in [-0.25, -0.2) is 9.37 Å². The highest BCUT2D eigenvalue weighted by Crippen LogP contribution is 2.32. The zero-order valence-corrected chi connectivity index (χ0v) is 17.0. The summed E-state index contributed by atoms with van der Waals surface area (Å²) in [6.07, 6.45) is -1.10. The Morgan fingerprint density at radius 3 is 2.31 bits per heavy atom. The van der Waals surface area contributed by atoms with Crippen LogP contribution in [-0.2, 0) is 25.8 Å². The maximum Gasteiger partial charge on any atom is 0.416 e. The first-order valence-electron chi connectivity index (χ1n) is 10.1. The van der Waals surface area contributed by atoms with E-state index in [0.29, 0.717) is 25.0 Å². The number of carbonyl (C=O) groups is 1. The lowest BCUT2D eigenvalue weighted by Gasteiger charge is -2.20.